The summed E-state index contributed by atoms with van der Waals surface area (Å²) in [5, 5.41) is 11.2. The Kier molecular flexibility index (Phi) is 6.47. The van der Waals surface area contributed by atoms with Crippen molar-refractivity contribution in [2.75, 3.05) is 11.4 Å². The van der Waals surface area contributed by atoms with Gasteiger partial charge in [-0.3, -0.25) is 24.0 Å². The Morgan fingerprint density at radius 3 is 2.81 bits per heavy atom. The number of carbonyl (C=O) groups is 2. The monoisotopic (exact) mass is 509 g/mol. The van der Waals surface area contributed by atoms with E-state index in [1.54, 1.807) is 11.2 Å². The highest BCUT2D eigenvalue weighted by Gasteiger charge is 2.33. The minimum atomic E-state index is -3.12. The van der Waals surface area contributed by atoms with E-state index in [0.717, 1.165) is 37.1 Å². The first-order valence-electron chi connectivity index (χ1n) is 12.5. The van der Waals surface area contributed by atoms with Crippen LogP contribution in [0.1, 0.15) is 73.4 Å². The normalized spacial score (nSPS) is 21.7. The second kappa shape index (κ2) is 9.60. The molecule has 1 aliphatic carbocycles. The number of nitrogens with one attached hydrogen (secondary N) is 1. The van der Waals surface area contributed by atoms with Gasteiger partial charge in [0.25, 0.3) is 11.8 Å². The number of halogens is 2. The number of anilines is 1. The van der Waals surface area contributed by atoms with Crippen LogP contribution in [0.5, 0.6) is 0 Å². The van der Waals surface area contributed by atoms with Crippen molar-refractivity contribution in [1.82, 2.24) is 30.0 Å². The smallest absolute Gasteiger partial charge is 0.286 e. The number of pyridine rings is 2. The molecule has 1 saturated carbocycles. The van der Waals surface area contributed by atoms with Gasteiger partial charge >= 0.3 is 0 Å². The summed E-state index contributed by atoms with van der Waals surface area (Å²) in [6.07, 6.45) is 7.15. The third-order valence-corrected chi connectivity index (χ3v) is 7.36. The number of amides is 2. The van der Waals surface area contributed by atoms with Gasteiger partial charge in [-0.05, 0) is 61.8 Å². The van der Waals surface area contributed by atoms with Crippen LogP contribution in [0.4, 0.5) is 14.6 Å². The fourth-order valence-corrected chi connectivity index (χ4v) is 5.30. The van der Waals surface area contributed by atoms with Crippen LogP contribution >= 0.6 is 0 Å². The number of likely N-dealkylation sites (N-methyl/N-ethyl adjacent to an activating group) is 1. The highest BCUT2D eigenvalue weighted by molar-refractivity contribution is 5.96. The van der Waals surface area contributed by atoms with E-state index in [2.05, 4.69) is 27.4 Å². The number of carbonyl (C=O) groups excluding carboxylic acids is 2. The van der Waals surface area contributed by atoms with Crippen molar-refractivity contribution in [3.63, 3.8) is 0 Å². The maximum atomic E-state index is 13.7. The number of hydrogen-bond acceptors (Lipinski definition) is 6. The maximum Gasteiger partial charge on any atom is 0.286 e. The van der Waals surface area contributed by atoms with Crippen molar-refractivity contribution in [2.24, 2.45) is 5.92 Å². The van der Waals surface area contributed by atoms with E-state index in [4.69, 9.17) is 4.98 Å². The van der Waals surface area contributed by atoms with Crippen molar-refractivity contribution < 1.29 is 18.4 Å². The molecule has 3 unspecified atom stereocenters. The van der Waals surface area contributed by atoms with Crippen LogP contribution in [0.25, 0.3) is 5.69 Å². The highest BCUT2D eigenvalue weighted by Crippen LogP contribution is 2.40. The molecule has 5 rings (SSSR count). The summed E-state index contributed by atoms with van der Waals surface area (Å²) in [5.41, 5.74) is 1.50. The minimum Gasteiger partial charge on any atom is -0.349 e. The molecule has 0 aromatic carbocycles. The van der Waals surface area contributed by atoms with Gasteiger partial charge in [-0.1, -0.05) is 6.92 Å². The maximum absolute atomic E-state index is 13.7. The van der Waals surface area contributed by atoms with E-state index < -0.39 is 17.5 Å². The molecular weight excluding hydrogens is 480 g/mol. The van der Waals surface area contributed by atoms with E-state index in [1.165, 1.54) is 12.3 Å². The van der Waals surface area contributed by atoms with Crippen molar-refractivity contribution in [3.8, 4) is 5.69 Å². The molecule has 0 radical (unpaired) electrons. The third-order valence-electron chi connectivity index (χ3n) is 7.36. The zero-order chi connectivity index (χ0) is 26.3. The number of nitrogens with zero attached hydrogens (tertiary/aromatic N) is 6. The molecule has 3 aromatic heterocycles. The van der Waals surface area contributed by atoms with Crippen LogP contribution in [0.3, 0.4) is 0 Å². The van der Waals surface area contributed by atoms with E-state index in [1.807, 2.05) is 23.8 Å². The van der Waals surface area contributed by atoms with Crippen LogP contribution in [0, 0.1) is 5.92 Å². The average Bonchev–Trinajstić information content (AvgIpc) is 3.29. The second-order valence-electron chi connectivity index (χ2n) is 9.93. The molecule has 11 heteroatoms. The number of rotatable bonds is 5. The predicted octanol–water partition coefficient (Wildman–Crippen LogP) is 3.78. The molecular formula is C26H29F2N7O2. The number of alkyl halides is 2. The summed E-state index contributed by atoms with van der Waals surface area (Å²) in [5.74, 6) is -2.00. The van der Waals surface area contributed by atoms with Gasteiger partial charge in [-0.15, -0.1) is 10.2 Å². The Hall–Kier alpha value is -3.76. The Balaban J connectivity index is 1.39. The average molecular weight is 510 g/mol. The Morgan fingerprint density at radius 2 is 2.05 bits per heavy atom. The molecule has 194 valence electrons. The highest BCUT2D eigenvalue weighted by atomic mass is 19.3. The Morgan fingerprint density at radius 1 is 1.24 bits per heavy atom. The number of fused-ring (bicyclic) bond motifs is 3. The molecule has 3 aromatic rings. The third kappa shape index (κ3) is 4.82. The van der Waals surface area contributed by atoms with Gasteiger partial charge in [0, 0.05) is 37.5 Å². The zero-order valence-electron chi connectivity index (χ0n) is 21.0. The van der Waals surface area contributed by atoms with Gasteiger partial charge in [0.2, 0.25) is 5.91 Å². The zero-order valence-corrected chi connectivity index (χ0v) is 21.0. The van der Waals surface area contributed by atoms with Gasteiger partial charge in [-0.25, -0.2) is 4.98 Å². The standard InChI is InChI=1S/C26H29F2N7O2/c1-4-34-23(36)12-22-33-31-14-35(22)20-9-17(13-30-24(20)34)19-11-18(6-5-15(19)2)32-25(37)16-7-8-29-21(10-16)26(3,27)28/h7-10,13-15,18-19H,4-6,11-12H2,1-3H3,(H,32,37). The Bertz CT molecular complexity index is 1340. The molecule has 0 saturated heterocycles. The first-order chi connectivity index (χ1) is 17.7. The predicted molar refractivity (Wildman–Crippen MR) is 132 cm³/mol. The Labute approximate surface area is 213 Å². The van der Waals surface area contributed by atoms with Crippen molar-refractivity contribution in [2.45, 2.75) is 64.3 Å². The molecule has 1 fully saturated rings. The van der Waals surface area contributed by atoms with Crippen LogP contribution in [0.15, 0.2) is 36.9 Å². The van der Waals surface area contributed by atoms with E-state index in [0.29, 0.717) is 30.5 Å². The molecule has 0 spiro atoms. The van der Waals surface area contributed by atoms with E-state index in [9.17, 15) is 18.4 Å². The quantitative estimate of drug-likeness (QED) is 0.561. The SMILES string of the molecule is CCN1C(=O)Cc2nncn2-c2cc(C3CC(NC(=O)c4ccnc(C(C)(F)F)c4)CCC3C)cnc21. The molecule has 3 atom stereocenters. The van der Waals surface area contributed by atoms with Gasteiger partial charge in [0.05, 0.1) is 12.1 Å². The molecule has 0 bridgehead atoms. The second-order valence-corrected chi connectivity index (χ2v) is 9.93. The van der Waals surface area contributed by atoms with Gasteiger partial charge in [0.1, 0.15) is 17.8 Å². The summed E-state index contributed by atoms with van der Waals surface area (Å²) in [6.45, 7) is 5.34. The van der Waals surface area contributed by atoms with Crippen LogP contribution in [-0.4, -0.2) is 49.1 Å². The topological polar surface area (TPSA) is 106 Å². The molecule has 37 heavy (non-hydrogen) atoms. The van der Waals surface area contributed by atoms with Crippen LogP contribution in [0.2, 0.25) is 0 Å². The van der Waals surface area contributed by atoms with Gasteiger partial charge in [0.15, 0.2) is 5.82 Å². The fourth-order valence-electron chi connectivity index (χ4n) is 5.30. The lowest BCUT2D eigenvalue weighted by Gasteiger charge is -2.35. The largest absolute Gasteiger partial charge is 0.349 e. The summed E-state index contributed by atoms with van der Waals surface area (Å²) in [7, 11) is 0. The lowest BCUT2D eigenvalue weighted by atomic mass is 9.74. The molecule has 1 aliphatic heterocycles. The molecule has 2 aliphatic rings. The van der Waals surface area contributed by atoms with Crippen molar-refractivity contribution >= 4 is 17.6 Å². The lowest BCUT2D eigenvalue weighted by molar-refractivity contribution is -0.118. The molecule has 9 nitrogen and oxygen atoms in total. The minimum absolute atomic E-state index is 0.0790. The summed E-state index contributed by atoms with van der Waals surface area (Å²) in [6, 6.07) is 4.51. The lowest BCUT2D eigenvalue weighted by Crippen LogP contribution is -2.40. The van der Waals surface area contributed by atoms with E-state index in [-0.39, 0.29) is 29.9 Å². The molecule has 2 amide bonds. The number of hydrogen-bond donors (Lipinski definition) is 1. The summed E-state index contributed by atoms with van der Waals surface area (Å²) < 4.78 is 29.2. The van der Waals surface area contributed by atoms with Crippen molar-refractivity contribution in [1.29, 1.82) is 0 Å². The first-order valence-corrected chi connectivity index (χ1v) is 12.5. The summed E-state index contributed by atoms with van der Waals surface area (Å²) >= 11 is 0. The number of aromatic nitrogens is 5. The molecule has 4 heterocycles. The van der Waals surface area contributed by atoms with Crippen LogP contribution < -0.4 is 10.2 Å². The van der Waals surface area contributed by atoms with Crippen LogP contribution in [-0.2, 0) is 17.1 Å². The van der Waals surface area contributed by atoms with Gasteiger partial charge < -0.3 is 5.32 Å². The van der Waals surface area contributed by atoms with Gasteiger partial charge in [-0.2, -0.15) is 8.78 Å². The van der Waals surface area contributed by atoms with E-state index >= 15 is 0 Å². The summed E-state index contributed by atoms with van der Waals surface area (Å²) in [4.78, 5) is 35.7. The van der Waals surface area contributed by atoms with Crippen molar-refractivity contribution in [3.05, 3.63) is 59.6 Å². The molecule has 1 N–H and O–H groups in total. The fraction of sp³-hybridized carbons (Fsp3) is 0.462. The first kappa shape index (κ1) is 24.9.